The maximum Gasteiger partial charge on any atom is 0.244 e. The van der Waals surface area contributed by atoms with Gasteiger partial charge in [0.1, 0.15) is 10.4 Å². The van der Waals surface area contributed by atoms with Crippen molar-refractivity contribution in [1.29, 1.82) is 0 Å². The maximum absolute atomic E-state index is 12.5. The molecule has 138 valence electrons. The number of nitrogens with zero attached hydrogens (tertiary/aromatic N) is 1. The Bertz CT molecular complexity index is 998. The molecular weight excluding hydrogens is 440 g/mol. The molecule has 3 aromatic rings. The Labute approximate surface area is 167 Å². The SMILES string of the molecule is Br.O=S(=O)(NCCCc1ccccc1)c1cc(Cl)c2cccnc2c1O. The van der Waals surface area contributed by atoms with Crippen LogP contribution in [0.1, 0.15) is 12.0 Å². The average molecular weight is 458 g/mol. The zero-order valence-electron chi connectivity index (χ0n) is 13.7. The molecule has 0 atom stereocenters. The Morgan fingerprint density at radius 1 is 1.12 bits per heavy atom. The number of aryl methyl sites for hydroxylation is 1. The van der Waals surface area contributed by atoms with E-state index in [9.17, 15) is 13.5 Å². The number of benzene rings is 2. The monoisotopic (exact) mass is 456 g/mol. The van der Waals surface area contributed by atoms with Crippen LogP contribution in [0.3, 0.4) is 0 Å². The van der Waals surface area contributed by atoms with Gasteiger partial charge in [-0.3, -0.25) is 4.98 Å². The maximum atomic E-state index is 12.5. The van der Waals surface area contributed by atoms with E-state index in [4.69, 9.17) is 11.6 Å². The first-order valence-corrected chi connectivity index (χ1v) is 9.65. The van der Waals surface area contributed by atoms with Gasteiger partial charge >= 0.3 is 0 Å². The van der Waals surface area contributed by atoms with Crippen LogP contribution in [0, 0.1) is 0 Å². The van der Waals surface area contributed by atoms with Crippen molar-refractivity contribution in [2.45, 2.75) is 17.7 Å². The average Bonchev–Trinajstić information content (AvgIpc) is 2.63. The van der Waals surface area contributed by atoms with Crippen molar-refractivity contribution in [3.05, 3.63) is 65.3 Å². The highest BCUT2D eigenvalue weighted by atomic mass is 79.9. The summed E-state index contributed by atoms with van der Waals surface area (Å²) in [6.07, 6.45) is 2.88. The van der Waals surface area contributed by atoms with E-state index in [0.717, 1.165) is 12.0 Å². The van der Waals surface area contributed by atoms with E-state index in [1.54, 1.807) is 12.1 Å². The largest absolute Gasteiger partial charge is 0.504 e. The third kappa shape index (κ3) is 4.54. The van der Waals surface area contributed by atoms with Crippen molar-refractivity contribution in [1.82, 2.24) is 9.71 Å². The molecule has 0 saturated carbocycles. The topological polar surface area (TPSA) is 79.3 Å². The van der Waals surface area contributed by atoms with Crippen LogP contribution in [0.25, 0.3) is 10.9 Å². The standard InChI is InChI=1S/C18H17ClN2O3S.BrH/c19-15-12-16(18(22)17-14(15)9-5-10-20-17)25(23,24)21-11-4-8-13-6-2-1-3-7-13;/h1-3,5-7,9-10,12,21-22H,4,8,11H2;1H. The van der Waals surface area contributed by atoms with Gasteiger partial charge in [-0.15, -0.1) is 17.0 Å². The fraction of sp³-hybridized carbons (Fsp3) is 0.167. The van der Waals surface area contributed by atoms with Crippen LogP contribution in [0.2, 0.25) is 5.02 Å². The number of pyridine rings is 1. The Morgan fingerprint density at radius 3 is 2.58 bits per heavy atom. The first-order valence-electron chi connectivity index (χ1n) is 7.79. The number of nitrogens with one attached hydrogen (secondary N) is 1. The van der Waals surface area contributed by atoms with Crippen molar-refractivity contribution >= 4 is 49.5 Å². The number of phenolic OH excluding ortho intramolecular Hbond substituents is 1. The zero-order valence-corrected chi connectivity index (χ0v) is 17.0. The van der Waals surface area contributed by atoms with Gasteiger partial charge in [0.2, 0.25) is 10.0 Å². The predicted molar refractivity (Wildman–Crippen MR) is 109 cm³/mol. The number of aromatic hydroxyl groups is 1. The minimum Gasteiger partial charge on any atom is -0.504 e. The zero-order chi connectivity index (χ0) is 17.9. The van der Waals surface area contributed by atoms with Gasteiger partial charge in [0.15, 0.2) is 5.75 Å². The van der Waals surface area contributed by atoms with Crippen molar-refractivity contribution in [2.75, 3.05) is 6.54 Å². The van der Waals surface area contributed by atoms with Crippen LogP contribution in [0.15, 0.2) is 59.6 Å². The second kappa shape index (κ2) is 8.81. The van der Waals surface area contributed by atoms with Gasteiger partial charge in [0.25, 0.3) is 0 Å². The molecule has 0 aliphatic carbocycles. The molecule has 0 spiro atoms. The predicted octanol–water partition coefficient (Wildman–Crippen LogP) is 4.08. The highest BCUT2D eigenvalue weighted by Gasteiger charge is 2.22. The van der Waals surface area contributed by atoms with E-state index in [2.05, 4.69) is 9.71 Å². The van der Waals surface area contributed by atoms with Gasteiger partial charge < -0.3 is 5.11 Å². The minimum absolute atomic E-state index is 0. The molecule has 1 aromatic heterocycles. The molecule has 0 aliphatic rings. The molecule has 0 unspecified atom stereocenters. The van der Waals surface area contributed by atoms with E-state index in [1.165, 1.54) is 12.3 Å². The third-order valence-corrected chi connectivity index (χ3v) is 5.63. The number of phenols is 1. The Balaban J connectivity index is 0.00000243. The molecule has 3 rings (SSSR count). The fourth-order valence-corrected chi connectivity index (χ4v) is 4.11. The van der Waals surface area contributed by atoms with E-state index in [1.807, 2.05) is 30.3 Å². The first-order chi connectivity index (χ1) is 12.0. The number of aromatic nitrogens is 1. The highest BCUT2D eigenvalue weighted by Crippen LogP contribution is 2.35. The lowest BCUT2D eigenvalue weighted by Gasteiger charge is -2.11. The van der Waals surface area contributed by atoms with Crippen molar-refractivity contribution in [3.8, 4) is 5.75 Å². The number of halogens is 2. The second-order valence-electron chi connectivity index (χ2n) is 5.59. The lowest BCUT2D eigenvalue weighted by atomic mass is 10.1. The van der Waals surface area contributed by atoms with Crippen LogP contribution in [-0.2, 0) is 16.4 Å². The quantitative estimate of drug-likeness (QED) is 0.547. The van der Waals surface area contributed by atoms with Crippen LogP contribution in [0.5, 0.6) is 5.75 Å². The first kappa shape index (κ1) is 20.6. The Kier molecular flexibility index (Phi) is 7.00. The van der Waals surface area contributed by atoms with Crippen molar-refractivity contribution < 1.29 is 13.5 Å². The normalized spacial score (nSPS) is 11.3. The van der Waals surface area contributed by atoms with Gasteiger partial charge in [-0.05, 0) is 36.6 Å². The number of sulfonamides is 1. The summed E-state index contributed by atoms with van der Waals surface area (Å²) in [5, 5.41) is 11.0. The molecule has 8 heteroatoms. The van der Waals surface area contributed by atoms with Crippen LogP contribution in [0.4, 0.5) is 0 Å². The summed E-state index contributed by atoms with van der Waals surface area (Å²) >= 11 is 6.14. The minimum atomic E-state index is -3.88. The van der Waals surface area contributed by atoms with E-state index in [0.29, 0.717) is 11.8 Å². The van der Waals surface area contributed by atoms with Crippen molar-refractivity contribution in [2.24, 2.45) is 0 Å². The molecular formula is C18H18BrClN2O3S. The molecule has 0 radical (unpaired) electrons. The van der Waals surface area contributed by atoms with E-state index < -0.39 is 15.8 Å². The molecule has 5 nitrogen and oxygen atoms in total. The number of hydrogen-bond acceptors (Lipinski definition) is 4. The molecule has 0 saturated heterocycles. The van der Waals surface area contributed by atoms with Gasteiger partial charge in [-0.1, -0.05) is 41.9 Å². The summed E-state index contributed by atoms with van der Waals surface area (Å²) in [4.78, 5) is 3.76. The number of hydrogen-bond donors (Lipinski definition) is 2. The summed E-state index contributed by atoms with van der Waals surface area (Å²) in [6.45, 7) is 0.258. The molecule has 2 aromatic carbocycles. The smallest absolute Gasteiger partial charge is 0.244 e. The molecule has 0 fully saturated rings. The van der Waals surface area contributed by atoms with Gasteiger partial charge in [-0.25, -0.2) is 13.1 Å². The van der Waals surface area contributed by atoms with Crippen molar-refractivity contribution in [3.63, 3.8) is 0 Å². The highest BCUT2D eigenvalue weighted by molar-refractivity contribution is 8.93. The number of fused-ring (bicyclic) bond motifs is 1. The lowest BCUT2D eigenvalue weighted by molar-refractivity contribution is 0.463. The summed E-state index contributed by atoms with van der Waals surface area (Å²) in [5.41, 5.74) is 1.31. The molecule has 0 aliphatic heterocycles. The lowest BCUT2D eigenvalue weighted by Crippen LogP contribution is -2.25. The summed E-state index contributed by atoms with van der Waals surface area (Å²) in [5.74, 6) is -0.393. The Hall–Kier alpha value is -1.67. The molecule has 2 N–H and O–H groups in total. The second-order valence-corrected chi connectivity index (χ2v) is 7.73. The van der Waals surface area contributed by atoms with Crippen LogP contribution >= 0.6 is 28.6 Å². The summed E-state index contributed by atoms with van der Waals surface area (Å²) < 4.78 is 27.5. The van der Waals surface area contributed by atoms with Gasteiger partial charge in [0.05, 0.1) is 5.02 Å². The Morgan fingerprint density at radius 2 is 1.85 bits per heavy atom. The summed E-state index contributed by atoms with van der Waals surface area (Å²) in [7, 11) is -3.88. The number of rotatable bonds is 6. The molecule has 0 bridgehead atoms. The van der Waals surface area contributed by atoms with Crippen LogP contribution in [-0.4, -0.2) is 25.1 Å². The van der Waals surface area contributed by atoms with E-state index in [-0.39, 0.29) is 39.0 Å². The van der Waals surface area contributed by atoms with Crippen LogP contribution < -0.4 is 4.72 Å². The molecule has 0 amide bonds. The summed E-state index contributed by atoms with van der Waals surface area (Å²) in [6, 6.07) is 14.4. The fourth-order valence-electron chi connectivity index (χ4n) is 2.59. The van der Waals surface area contributed by atoms with E-state index >= 15 is 0 Å². The van der Waals surface area contributed by atoms with Gasteiger partial charge in [0, 0.05) is 18.1 Å². The molecule has 26 heavy (non-hydrogen) atoms. The third-order valence-electron chi connectivity index (χ3n) is 3.85. The van der Waals surface area contributed by atoms with Gasteiger partial charge in [-0.2, -0.15) is 0 Å². The molecule has 1 heterocycles.